The maximum absolute atomic E-state index is 14.5. The Kier molecular flexibility index (Phi) is 14.7. The van der Waals surface area contributed by atoms with E-state index in [1.54, 1.807) is 15.9 Å². The minimum atomic E-state index is -0.823. The highest BCUT2D eigenvalue weighted by Crippen LogP contribution is 2.32. The van der Waals surface area contributed by atoms with Crippen LogP contribution < -0.4 is 19.8 Å². The molecule has 0 bridgehead atoms. The number of ether oxygens (including phenoxy) is 4. The van der Waals surface area contributed by atoms with Crippen molar-refractivity contribution in [3.05, 3.63) is 106 Å². The van der Waals surface area contributed by atoms with Crippen LogP contribution in [0.15, 0.2) is 71.9 Å². The number of hydrogen-bond donors (Lipinski definition) is 1. The molecular formula is C44H52F4N4O8. The summed E-state index contributed by atoms with van der Waals surface area (Å²) < 4.78 is 80.0. The third-order valence-corrected chi connectivity index (χ3v) is 9.70. The Balaban J connectivity index is 0.000000228. The summed E-state index contributed by atoms with van der Waals surface area (Å²) in [7, 11) is 0. The number of nitrogens with one attached hydrogen (secondary N) is 1. The molecule has 1 N–H and O–H groups in total. The van der Waals surface area contributed by atoms with Crippen LogP contribution in [0, 0.1) is 40.3 Å². The van der Waals surface area contributed by atoms with Crippen molar-refractivity contribution >= 4 is 12.2 Å². The molecular weight excluding hydrogens is 788 g/mol. The minimum absolute atomic E-state index is 0.0786. The molecule has 0 radical (unpaired) electrons. The number of aromatic amines is 1. The van der Waals surface area contributed by atoms with Crippen LogP contribution in [0.5, 0.6) is 11.5 Å². The van der Waals surface area contributed by atoms with Gasteiger partial charge in [0.1, 0.15) is 11.2 Å². The zero-order valence-corrected chi connectivity index (χ0v) is 34.7. The molecule has 324 valence electrons. The van der Waals surface area contributed by atoms with E-state index in [0.29, 0.717) is 73.3 Å². The van der Waals surface area contributed by atoms with Crippen molar-refractivity contribution < 1.29 is 50.8 Å². The lowest BCUT2D eigenvalue weighted by Gasteiger charge is -2.33. The summed E-state index contributed by atoms with van der Waals surface area (Å²) in [5.74, 6) is -3.92. The van der Waals surface area contributed by atoms with Crippen LogP contribution in [0.2, 0.25) is 0 Å². The molecule has 2 aliphatic rings. The molecule has 0 spiro atoms. The van der Waals surface area contributed by atoms with Gasteiger partial charge in [0, 0.05) is 50.6 Å². The highest BCUT2D eigenvalue weighted by molar-refractivity contribution is 5.69. The summed E-state index contributed by atoms with van der Waals surface area (Å²) in [6, 6.07) is 10.5. The van der Waals surface area contributed by atoms with Gasteiger partial charge in [0.05, 0.1) is 13.2 Å². The van der Waals surface area contributed by atoms with E-state index in [9.17, 15) is 37.2 Å². The second kappa shape index (κ2) is 19.5. The summed E-state index contributed by atoms with van der Waals surface area (Å²) in [6.07, 6.45) is 5.90. The molecule has 0 unspecified atom stereocenters. The van der Waals surface area contributed by atoms with Crippen LogP contribution in [0.1, 0.15) is 67.2 Å². The highest BCUT2D eigenvalue weighted by Gasteiger charge is 2.29. The Morgan fingerprint density at radius 3 is 1.40 bits per heavy atom. The molecule has 0 atom stereocenters. The fraction of sp³-hybridized carbons (Fsp3) is 0.455. The van der Waals surface area contributed by atoms with E-state index >= 15 is 0 Å². The normalized spacial score (nSPS) is 15.2. The van der Waals surface area contributed by atoms with Crippen molar-refractivity contribution in [1.29, 1.82) is 0 Å². The minimum Gasteiger partial charge on any atom is -0.619 e. The molecule has 2 saturated heterocycles. The van der Waals surface area contributed by atoms with Gasteiger partial charge in [0.15, 0.2) is 47.2 Å². The van der Waals surface area contributed by atoms with Gasteiger partial charge in [-0.15, -0.1) is 0 Å². The third-order valence-electron chi connectivity index (χ3n) is 9.70. The lowest BCUT2D eigenvalue weighted by atomic mass is 9.98. The zero-order chi connectivity index (χ0) is 43.8. The molecule has 0 aliphatic carbocycles. The number of piperidine rings is 2. The van der Waals surface area contributed by atoms with E-state index in [0.717, 1.165) is 12.1 Å². The first-order valence-electron chi connectivity index (χ1n) is 19.8. The molecule has 4 aromatic rings. The highest BCUT2D eigenvalue weighted by atomic mass is 19.1. The quantitative estimate of drug-likeness (QED) is 0.106. The Hall–Kier alpha value is -5.80. The summed E-state index contributed by atoms with van der Waals surface area (Å²) in [6.45, 7) is 13.3. The third kappa shape index (κ3) is 13.1. The van der Waals surface area contributed by atoms with Crippen LogP contribution in [-0.2, 0) is 9.47 Å². The van der Waals surface area contributed by atoms with Gasteiger partial charge < -0.3 is 38.9 Å². The van der Waals surface area contributed by atoms with Crippen LogP contribution >= 0.6 is 0 Å². The fourth-order valence-corrected chi connectivity index (χ4v) is 6.58. The van der Waals surface area contributed by atoms with Crippen LogP contribution in [0.25, 0.3) is 22.3 Å². The number of pyridine rings is 2. The van der Waals surface area contributed by atoms with E-state index in [2.05, 4.69) is 4.98 Å². The second-order valence-electron chi connectivity index (χ2n) is 16.9. The smallest absolute Gasteiger partial charge is 0.410 e. The van der Waals surface area contributed by atoms with Gasteiger partial charge in [0.2, 0.25) is 5.56 Å². The van der Waals surface area contributed by atoms with Crippen molar-refractivity contribution in [3.8, 4) is 33.8 Å². The van der Waals surface area contributed by atoms with Crippen LogP contribution in [0.3, 0.4) is 0 Å². The summed E-state index contributed by atoms with van der Waals surface area (Å²) >= 11 is 0. The first-order chi connectivity index (χ1) is 28.2. The first kappa shape index (κ1) is 45.3. The van der Waals surface area contributed by atoms with Gasteiger partial charge in [-0.1, -0.05) is 0 Å². The van der Waals surface area contributed by atoms with Crippen LogP contribution in [0.4, 0.5) is 27.2 Å². The Labute approximate surface area is 346 Å². The average Bonchev–Trinajstić information content (AvgIpc) is 3.17. The van der Waals surface area contributed by atoms with E-state index in [1.807, 2.05) is 41.5 Å². The van der Waals surface area contributed by atoms with E-state index in [1.165, 1.54) is 48.9 Å². The van der Waals surface area contributed by atoms with Gasteiger partial charge in [-0.05, 0) is 132 Å². The number of carbonyl (C=O) groups is 2. The number of amides is 2. The number of halogens is 4. The maximum atomic E-state index is 14.5. The van der Waals surface area contributed by atoms with E-state index in [4.69, 9.17) is 18.9 Å². The summed E-state index contributed by atoms with van der Waals surface area (Å²) in [5, 5.41) is 11.1. The number of benzene rings is 2. The Bertz CT molecular complexity index is 2110. The SMILES string of the molecule is CC(C)(C)OC(=O)N1CCC(COc2c(F)cc(-c3cc[n+]([O-])cc3)cc2F)CC1.CC(C)(C)OC(=O)N1CCC(COc2c(F)cc(-c3cc[nH]c(=O)c3)cc2F)CC1. The van der Waals surface area contributed by atoms with Gasteiger partial charge in [0.25, 0.3) is 0 Å². The predicted molar refractivity (Wildman–Crippen MR) is 215 cm³/mol. The molecule has 2 amide bonds. The van der Waals surface area contributed by atoms with Gasteiger partial charge in [-0.25, -0.2) is 27.2 Å². The molecule has 6 rings (SSSR count). The molecule has 2 aromatic carbocycles. The number of rotatable bonds is 8. The standard InChI is InChI=1S/2C22H26F2N2O4/c1-22(2,3)30-21(27)25-8-4-15(5-9-25)14-29-20-18(23)12-17(13-19(20)24)16-6-10-26(28)11-7-16;1-22(2,3)30-21(28)26-8-5-14(6-9-26)13-29-20-17(23)10-16(11-18(20)24)15-4-7-25-19(27)12-15/h6-7,10-13,15H,4-5,8-9,14H2,1-3H3;4,7,10-12,14H,5-6,8-9,13H2,1-3H3,(H,25,27). The number of carbonyl (C=O) groups excluding carboxylic acids is 2. The average molecular weight is 841 g/mol. The topological polar surface area (TPSA) is 137 Å². The Morgan fingerprint density at radius 2 is 1.03 bits per heavy atom. The summed E-state index contributed by atoms with van der Waals surface area (Å²) in [4.78, 5) is 41.4. The van der Waals surface area contributed by atoms with Crippen molar-refractivity contribution in [2.75, 3.05) is 39.4 Å². The molecule has 2 aliphatic heterocycles. The van der Waals surface area contributed by atoms with Crippen molar-refractivity contribution in [1.82, 2.24) is 14.8 Å². The lowest BCUT2D eigenvalue weighted by molar-refractivity contribution is -0.605. The van der Waals surface area contributed by atoms with E-state index in [-0.39, 0.29) is 48.4 Å². The van der Waals surface area contributed by atoms with Gasteiger partial charge in [-0.2, -0.15) is 4.73 Å². The zero-order valence-electron chi connectivity index (χ0n) is 34.7. The van der Waals surface area contributed by atoms with Crippen LogP contribution in [-0.4, -0.2) is 77.6 Å². The van der Waals surface area contributed by atoms with E-state index < -0.39 is 46.0 Å². The number of nitrogens with zero attached hydrogens (tertiary/aromatic N) is 3. The first-order valence-corrected chi connectivity index (χ1v) is 19.8. The van der Waals surface area contributed by atoms with Crippen molar-refractivity contribution in [3.63, 3.8) is 0 Å². The number of H-pyrrole nitrogens is 1. The van der Waals surface area contributed by atoms with Gasteiger partial charge >= 0.3 is 12.2 Å². The molecule has 4 heterocycles. The molecule has 2 aromatic heterocycles. The van der Waals surface area contributed by atoms with Gasteiger partial charge in [-0.3, -0.25) is 4.79 Å². The summed E-state index contributed by atoms with van der Waals surface area (Å²) in [5.41, 5.74) is 0.0716. The Morgan fingerprint density at radius 1 is 0.650 bits per heavy atom. The number of likely N-dealkylation sites (tertiary alicyclic amines) is 2. The molecule has 12 nitrogen and oxygen atoms in total. The molecule has 0 saturated carbocycles. The van der Waals surface area contributed by atoms with Crippen molar-refractivity contribution in [2.45, 2.75) is 78.4 Å². The largest absolute Gasteiger partial charge is 0.619 e. The van der Waals surface area contributed by atoms with Crippen molar-refractivity contribution in [2.24, 2.45) is 11.8 Å². The fourth-order valence-electron chi connectivity index (χ4n) is 6.58. The predicted octanol–water partition coefficient (Wildman–Crippen LogP) is 8.64. The monoisotopic (exact) mass is 840 g/mol. The molecule has 16 heteroatoms. The second-order valence-corrected chi connectivity index (χ2v) is 16.9. The lowest BCUT2D eigenvalue weighted by Crippen LogP contribution is -2.42. The molecule has 60 heavy (non-hydrogen) atoms. The number of aromatic nitrogens is 2. The molecule has 2 fully saturated rings. The maximum Gasteiger partial charge on any atom is 0.410 e. The number of hydrogen-bond acceptors (Lipinski definition) is 8.